The van der Waals surface area contributed by atoms with Crippen LogP contribution in [0.4, 0.5) is 4.39 Å². The molecule has 3 nitrogen and oxygen atoms in total. The maximum Gasteiger partial charge on any atom is 0.140 e. The second-order valence-electron chi connectivity index (χ2n) is 5.60. The van der Waals surface area contributed by atoms with Crippen LogP contribution in [0.1, 0.15) is 30.5 Å². The summed E-state index contributed by atoms with van der Waals surface area (Å²) in [4.78, 5) is 0. The van der Waals surface area contributed by atoms with Crippen LogP contribution >= 0.6 is 0 Å². The number of ether oxygens (including phenoxy) is 1. The van der Waals surface area contributed by atoms with E-state index in [4.69, 9.17) is 10.00 Å². The second-order valence-corrected chi connectivity index (χ2v) is 5.60. The van der Waals surface area contributed by atoms with Crippen LogP contribution < -0.4 is 10.1 Å². The van der Waals surface area contributed by atoms with Gasteiger partial charge in [0.15, 0.2) is 0 Å². The van der Waals surface area contributed by atoms with E-state index >= 15 is 0 Å². The first-order valence-electron chi connectivity index (χ1n) is 7.05. The molecule has 114 valence electrons. The normalized spacial score (nSPS) is 11.0. The number of rotatable bonds is 5. The molecule has 0 unspecified atom stereocenters. The molecular formula is C18H19FN2O. The first-order valence-corrected chi connectivity index (χ1v) is 7.05. The maximum atomic E-state index is 13.3. The number of benzene rings is 2. The summed E-state index contributed by atoms with van der Waals surface area (Å²) in [5, 5.41) is 12.3. The van der Waals surface area contributed by atoms with Gasteiger partial charge in [0.25, 0.3) is 0 Å². The molecule has 0 aromatic heterocycles. The number of nitrogens with zero attached hydrogens (tertiary/aromatic N) is 1. The van der Waals surface area contributed by atoms with Crippen molar-refractivity contribution in [3.63, 3.8) is 0 Å². The van der Waals surface area contributed by atoms with E-state index in [0.717, 1.165) is 16.9 Å². The molecule has 1 N–H and O–H groups in total. The van der Waals surface area contributed by atoms with Crippen molar-refractivity contribution in [2.24, 2.45) is 0 Å². The van der Waals surface area contributed by atoms with E-state index < -0.39 is 5.82 Å². The van der Waals surface area contributed by atoms with Gasteiger partial charge in [-0.15, -0.1) is 0 Å². The molecule has 0 saturated carbocycles. The summed E-state index contributed by atoms with van der Waals surface area (Å²) >= 11 is 0. The van der Waals surface area contributed by atoms with E-state index in [9.17, 15) is 4.39 Å². The Labute approximate surface area is 130 Å². The van der Waals surface area contributed by atoms with Crippen LogP contribution in [0.5, 0.6) is 5.75 Å². The van der Waals surface area contributed by atoms with Crippen molar-refractivity contribution in [2.75, 3.05) is 7.11 Å². The lowest BCUT2D eigenvalue weighted by molar-refractivity contribution is 0.358. The van der Waals surface area contributed by atoms with Crippen molar-refractivity contribution >= 4 is 0 Å². The zero-order valence-electron chi connectivity index (χ0n) is 13.0. The lowest BCUT2D eigenvalue weighted by atomic mass is 9.93. The van der Waals surface area contributed by atoms with Crippen LogP contribution in [0.3, 0.4) is 0 Å². The number of hydrogen-bond donors (Lipinski definition) is 1. The van der Waals surface area contributed by atoms with Crippen LogP contribution in [0.25, 0.3) is 0 Å². The van der Waals surface area contributed by atoms with E-state index in [1.807, 2.05) is 30.3 Å². The largest absolute Gasteiger partial charge is 0.496 e. The number of halogens is 1. The molecule has 2 aromatic carbocycles. The maximum absolute atomic E-state index is 13.3. The molecule has 0 heterocycles. The molecule has 0 atom stereocenters. The number of nitrogens with one attached hydrogen (secondary N) is 1. The van der Waals surface area contributed by atoms with Crippen LogP contribution in [-0.2, 0) is 12.1 Å². The predicted molar refractivity (Wildman–Crippen MR) is 84.0 cm³/mol. The standard InChI is InChI=1S/C18H19FN2O/c1-18(2,15-6-4-5-7-17(15)22-3)21-12-13-8-9-16(19)14(10-13)11-20/h4-10,21H,12H2,1-3H3. The third-order valence-corrected chi connectivity index (χ3v) is 3.67. The topological polar surface area (TPSA) is 45.0 Å². The van der Waals surface area contributed by atoms with Crippen molar-refractivity contribution in [1.82, 2.24) is 5.32 Å². The molecule has 0 aliphatic carbocycles. The molecule has 0 aliphatic rings. The lowest BCUT2D eigenvalue weighted by Gasteiger charge is -2.28. The fraction of sp³-hybridized carbons (Fsp3) is 0.278. The first-order chi connectivity index (χ1) is 10.5. The molecule has 2 rings (SSSR count). The molecular weight excluding hydrogens is 279 g/mol. The molecule has 0 saturated heterocycles. The van der Waals surface area contributed by atoms with Gasteiger partial charge >= 0.3 is 0 Å². The van der Waals surface area contributed by atoms with Gasteiger partial charge in [-0.25, -0.2) is 4.39 Å². The van der Waals surface area contributed by atoms with Gasteiger partial charge in [0.05, 0.1) is 12.7 Å². The molecule has 4 heteroatoms. The molecule has 0 radical (unpaired) electrons. The van der Waals surface area contributed by atoms with Crippen molar-refractivity contribution in [1.29, 1.82) is 5.26 Å². The molecule has 0 amide bonds. The minimum Gasteiger partial charge on any atom is -0.496 e. The SMILES string of the molecule is COc1ccccc1C(C)(C)NCc1ccc(F)c(C#N)c1. The monoisotopic (exact) mass is 298 g/mol. The van der Waals surface area contributed by atoms with Gasteiger partial charge in [0.2, 0.25) is 0 Å². The third kappa shape index (κ3) is 3.44. The second kappa shape index (κ2) is 6.59. The highest BCUT2D eigenvalue weighted by Crippen LogP contribution is 2.29. The Hall–Kier alpha value is -2.38. The highest BCUT2D eigenvalue weighted by molar-refractivity contribution is 5.39. The van der Waals surface area contributed by atoms with Crippen LogP contribution in [-0.4, -0.2) is 7.11 Å². The van der Waals surface area contributed by atoms with E-state index in [1.165, 1.54) is 6.07 Å². The summed E-state index contributed by atoms with van der Waals surface area (Å²) in [5.41, 5.74) is 1.64. The fourth-order valence-electron chi connectivity index (χ4n) is 2.35. The smallest absolute Gasteiger partial charge is 0.140 e. The van der Waals surface area contributed by atoms with Crippen molar-refractivity contribution in [3.8, 4) is 11.8 Å². The first kappa shape index (κ1) is 16.0. The van der Waals surface area contributed by atoms with Gasteiger partial charge in [-0.3, -0.25) is 0 Å². The Bertz CT molecular complexity index is 704. The molecule has 0 fully saturated rings. The average Bonchev–Trinajstić information content (AvgIpc) is 2.54. The van der Waals surface area contributed by atoms with Gasteiger partial charge in [-0.2, -0.15) is 5.26 Å². The highest BCUT2D eigenvalue weighted by atomic mass is 19.1. The quantitative estimate of drug-likeness (QED) is 0.914. The van der Waals surface area contributed by atoms with Crippen molar-refractivity contribution < 1.29 is 9.13 Å². The van der Waals surface area contributed by atoms with E-state index in [-0.39, 0.29) is 11.1 Å². The zero-order valence-corrected chi connectivity index (χ0v) is 13.0. The average molecular weight is 298 g/mol. The highest BCUT2D eigenvalue weighted by Gasteiger charge is 2.23. The lowest BCUT2D eigenvalue weighted by Crippen LogP contribution is -2.36. The van der Waals surface area contributed by atoms with Crippen LogP contribution in [0.15, 0.2) is 42.5 Å². The minimum atomic E-state index is -0.491. The fourth-order valence-corrected chi connectivity index (χ4v) is 2.35. The van der Waals surface area contributed by atoms with Gasteiger partial charge in [0.1, 0.15) is 17.6 Å². The number of nitriles is 1. The minimum absolute atomic E-state index is 0.0643. The van der Waals surface area contributed by atoms with Gasteiger partial charge in [0, 0.05) is 17.6 Å². The Morgan fingerprint density at radius 1 is 1.23 bits per heavy atom. The molecule has 22 heavy (non-hydrogen) atoms. The third-order valence-electron chi connectivity index (χ3n) is 3.67. The number of methoxy groups -OCH3 is 1. The van der Waals surface area contributed by atoms with E-state index in [1.54, 1.807) is 19.2 Å². The summed E-state index contributed by atoms with van der Waals surface area (Å²) in [5.74, 6) is 0.326. The summed E-state index contributed by atoms with van der Waals surface area (Å²) in [7, 11) is 1.65. The van der Waals surface area contributed by atoms with Gasteiger partial charge < -0.3 is 10.1 Å². The van der Waals surface area contributed by atoms with E-state index in [2.05, 4.69) is 19.2 Å². The Balaban J connectivity index is 2.18. The predicted octanol–water partition coefficient (Wildman–Crippen LogP) is 3.73. The molecule has 2 aromatic rings. The molecule has 0 aliphatic heterocycles. The van der Waals surface area contributed by atoms with Gasteiger partial charge in [-0.1, -0.05) is 24.3 Å². The Morgan fingerprint density at radius 2 is 1.95 bits per heavy atom. The van der Waals surface area contributed by atoms with Crippen molar-refractivity contribution in [2.45, 2.75) is 25.9 Å². The van der Waals surface area contributed by atoms with Crippen LogP contribution in [0.2, 0.25) is 0 Å². The summed E-state index contributed by atoms with van der Waals surface area (Å²) < 4.78 is 18.8. The summed E-state index contributed by atoms with van der Waals surface area (Å²) in [6, 6.07) is 14.3. The number of hydrogen-bond acceptors (Lipinski definition) is 3. The number of para-hydroxylation sites is 1. The molecule has 0 spiro atoms. The Kier molecular flexibility index (Phi) is 4.79. The van der Waals surface area contributed by atoms with E-state index in [0.29, 0.717) is 6.54 Å². The van der Waals surface area contributed by atoms with Gasteiger partial charge in [-0.05, 0) is 37.6 Å². The van der Waals surface area contributed by atoms with Crippen molar-refractivity contribution in [3.05, 3.63) is 65.0 Å². The zero-order chi connectivity index (χ0) is 16.2. The molecule has 0 bridgehead atoms. The summed E-state index contributed by atoms with van der Waals surface area (Å²) in [6.07, 6.45) is 0. The summed E-state index contributed by atoms with van der Waals surface area (Å²) in [6.45, 7) is 4.64. The Morgan fingerprint density at radius 3 is 2.64 bits per heavy atom. The van der Waals surface area contributed by atoms with Crippen LogP contribution in [0, 0.1) is 17.1 Å².